The van der Waals surface area contributed by atoms with Gasteiger partial charge in [0.15, 0.2) is 0 Å². The van der Waals surface area contributed by atoms with Crippen molar-refractivity contribution >= 4 is 0 Å². The third-order valence-corrected chi connectivity index (χ3v) is 7.11. The highest BCUT2D eigenvalue weighted by molar-refractivity contribution is 5.42. The summed E-state index contributed by atoms with van der Waals surface area (Å²) < 4.78 is 89.0. The molecule has 1 fully saturated rings. The SMILES string of the molecule is COc1ccc(CCN2CCC(C(O)(c3ccc(OC(F)(F)F)cc3)c3ccc(OC(F)(F)F)cc3)CC2)cc1. The standard InChI is InChI=1S/C29H29F6NO4/c1-38-24-8-2-20(3-9-24)14-17-36-18-15-23(16-19-36)27(37,21-4-10-25(11-5-21)39-28(30,31)32)22-6-12-26(13-7-22)40-29(33,34)35/h2-13,23,37H,14-19H2,1H3. The summed E-state index contributed by atoms with van der Waals surface area (Å²) in [5, 5.41) is 12.1. The monoisotopic (exact) mass is 569 g/mol. The van der Waals surface area contributed by atoms with E-state index in [0.717, 1.165) is 48.5 Å². The van der Waals surface area contributed by atoms with Crippen molar-refractivity contribution in [3.8, 4) is 17.2 Å². The Bertz CT molecular complexity index is 1160. The lowest BCUT2D eigenvalue weighted by atomic mass is 9.72. The first-order valence-electron chi connectivity index (χ1n) is 12.7. The summed E-state index contributed by atoms with van der Waals surface area (Å²) in [5.74, 6) is -0.463. The van der Waals surface area contributed by atoms with Gasteiger partial charge in [-0.15, -0.1) is 26.3 Å². The highest BCUT2D eigenvalue weighted by atomic mass is 19.4. The van der Waals surface area contributed by atoms with Gasteiger partial charge in [-0.2, -0.15) is 0 Å². The number of hydrogen-bond acceptors (Lipinski definition) is 5. The van der Waals surface area contributed by atoms with Crippen LogP contribution in [0.4, 0.5) is 26.3 Å². The summed E-state index contributed by atoms with van der Waals surface area (Å²) in [4.78, 5) is 2.27. The molecule has 216 valence electrons. The van der Waals surface area contributed by atoms with Crippen molar-refractivity contribution < 1.29 is 45.7 Å². The molecule has 3 aromatic rings. The second-order valence-electron chi connectivity index (χ2n) is 9.62. The Morgan fingerprint density at radius 3 is 1.52 bits per heavy atom. The van der Waals surface area contributed by atoms with Crippen LogP contribution in [0.2, 0.25) is 0 Å². The number of hydrogen-bond donors (Lipinski definition) is 1. The van der Waals surface area contributed by atoms with Crippen LogP contribution in [0.5, 0.6) is 17.2 Å². The lowest BCUT2D eigenvalue weighted by Gasteiger charge is -2.42. The van der Waals surface area contributed by atoms with Crippen LogP contribution in [0.3, 0.4) is 0 Å². The molecule has 0 unspecified atom stereocenters. The number of rotatable bonds is 9. The van der Waals surface area contributed by atoms with Crippen LogP contribution in [0.1, 0.15) is 29.5 Å². The molecule has 0 aliphatic carbocycles. The van der Waals surface area contributed by atoms with E-state index in [2.05, 4.69) is 14.4 Å². The summed E-state index contributed by atoms with van der Waals surface area (Å²) in [5.41, 5.74) is 0.100. The maximum Gasteiger partial charge on any atom is 0.573 e. The first-order chi connectivity index (χ1) is 18.9. The van der Waals surface area contributed by atoms with Gasteiger partial charge in [-0.25, -0.2) is 0 Å². The Kier molecular flexibility index (Phi) is 8.84. The third kappa shape index (κ3) is 7.60. The summed E-state index contributed by atoms with van der Waals surface area (Å²) in [6, 6.07) is 17.6. The highest BCUT2D eigenvalue weighted by Gasteiger charge is 2.42. The summed E-state index contributed by atoms with van der Waals surface area (Å²) in [6.07, 6.45) is -7.81. The molecule has 1 aliphatic rings. The Balaban J connectivity index is 1.52. The largest absolute Gasteiger partial charge is 0.573 e. The number of halogens is 6. The van der Waals surface area contributed by atoms with Crippen LogP contribution in [0.25, 0.3) is 0 Å². The van der Waals surface area contributed by atoms with Crippen LogP contribution in [0, 0.1) is 5.92 Å². The molecule has 1 aliphatic heterocycles. The number of nitrogens with zero attached hydrogens (tertiary/aromatic N) is 1. The molecule has 1 heterocycles. The van der Waals surface area contributed by atoms with Gasteiger partial charge in [0.1, 0.15) is 22.8 Å². The van der Waals surface area contributed by atoms with E-state index in [0.29, 0.717) is 37.1 Å². The molecular weight excluding hydrogens is 540 g/mol. The van der Waals surface area contributed by atoms with Crippen molar-refractivity contribution in [1.82, 2.24) is 4.90 Å². The van der Waals surface area contributed by atoms with Gasteiger partial charge in [0.25, 0.3) is 0 Å². The van der Waals surface area contributed by atoms with E-state index >= 15 is 0 Å². The lowest BCUT2D eigenvalue weighted by Crippen LogP contribution is -2.44. The molecule has 0 atom stereocenters. The number of likely N-dealkylation sites (tertiary alicyclic amines) is 1. The van der Waals surface area contributed by atoms with E-state index in [-0.39, 0.29) is 5.92 Å². The molecule has 1 N–H and O–H groups in total. The molecule has 0 amide bonds. The first kappa shape index (κ1) is 29.5. The smallest absolute Gasteiger partial charge is 0.497 e. The van der Waals surface area contributed by atoms with Crippen LogP contribution >= 0.6 is 0 Å². The summed E-state index contributed by atoms with van der Waals surface area (Å²) >= 11 is 0. The van der Waals surface area contributed by atoms with Gasteiger partial charge in [0.2, 0.25) is 0 Å². The molecule has 3 aromatic carbocycles. The molecule has 0 saturated carbocycles. The molecule has 11 heteroatoms. The predicted molar refractivity (Wildman–Crippen MR) is 135 cm³/mol. The van der Waals surface area contributed by atoms with Gasteiger partial charge < -0.3 is 24.2 Å². The molecular formula is C29H29F6NO4. The molecule has 5 nitrogen and oxygen atoms in total. The van der Waals surface area contributed by atoms with E-state index in [1.165, 1.54) is 24.3 Å². The normalized spacial score (nSPS) is 15.6. The minimum Gasteiger partial charge on any atom is -0.497 e. The quantitative estimate of drug-likeness (QED) is 0.292. The molecule has 0 aromatic heterocycles. The maximum absolute atomic E-state index is 12.7. The minimum atomic E-state index is -4.87. The van der Waals surface area contributed by atoms with Gasteiger partial charge in [-0.1, -0.05) is 36.4 Å². The van der Waals surface area contributed by atoms with Crippen LogP contribution in [-0.4, -0.2) is 49.5 Å². The zero-order valence-corrected chi connectivity index (χ0v) is 21.6. The minimum absolute atomic E-state index is 0.309. The van der Waals surface area contributed by atoms with Crippen LogP contribution in [-0.2, 0) is 12.0 Å². The maximum atomic E-state index is 12.7. The van der Waals surface area contributed by atoms with Crippen molar-refractivity contribution in [2.45, 2.75) is 37.6 Å². The van der Waals surface area contributed by atoms with Crippen molar-refractivity contribution in [2.24, 2.45) is 5.92 Å². The number of ether oxygens (including phenoxy) is 3. The van der Waals surface area contributed by atoms with Gasteiger partial charge in [-0.3, -0.25) is 0 Å². The van der Waals surface area contributed by atoms with Gasteiger partial charge in [0, 0.05) is 6.54 Å². The average Bonchev–Trinajstić information content (AvgIpc) is 2.91. The predicted octanol–water partition coefficient (Wildman–Crippen LogP) is 6.68. The summed E-state index contributed by atoms with van der Waals surface area (Å²) in [7, 11) is 1.61. The van der Waals surface area contributed by atoms with Crippen LogP contribution < -0.4 is 14.2 Å². The fraction of sp³-hybridized carbons (Fsp3) is 0.379. The number of alkyl halides is 6. The lowest BCUT2D eigenvalue weighted by molar-refractivity contribution is -0.275. The molecule has 40 heavy (non-hydrogen) atoms. The molecule has 4 rings (SSSR count). The van der Waals surface area contributed by atoms with Gasteiger partial charge in [-0.05, 0) is 91.4 Å². The second kappa shape index (κ2) is 12.0. The van der Waals surface area contributed by atoms with Crippen molar-refractivity contribution in [3.05, 3.63) is 89.5 Å². The third-order valence-electron chi connectivity index (χ3n) is 7.11. The highest BCUT2D eigenvalue weighted by Crippen LogP contribution is 2.43. The molecule has 0 radical (unpaired) electrons. The van der Waals surface area contributed by atoms with Crippen molar-refractivity contribution in [2.75, 3.05) is 26.7 Å². The van der Waals surface area contributed by atoms with E-state index < -0.39 is 29.8 Å². The van der Waals surface area contributed by atoms with Crippen LogP contribution in [0.15, 0.2) is 72.8 Å². The second-order valence-corrected chi connectivity index (χ2v) is 9.62. The molecule has 0 spiro atoms. The first-order valence-corrected chi connectivity index (χ1v) is 12.7. The Labute approximate surface area is 227 Å². The topological polar surface area (TPSA) is 51.2 Å². The fourth-order valence-corrected chi connectivity index (χ4v) is 5.11. The Morgan fingerprint density at radius 2 is 1.12 bits per heavy atom. The zero-order chi connectivity index (χ0) is 29.0. The summed E-state index contributed by atoms with van der Waals surface area (Å²) in [6.45, 7) is 2.12. The zero-order valence-electron chi connectivity index (χ0n) is 21.6. The number of benzene rings is 3. The van der Waals surface area contributed by atoms with E-state index in [1.54, 1.807) is 7.11 Å². The van der Waals surface area contributed by atoms with Crippen molar-refractivity contribution in [1.29, 1.82) is 0 Å². The Hall–Kier alpha value is -3.44. The molecule has 1 saturated heterocycles. The van der Waals surface area contributed by atoms with E-state index in [9.17, 15) is 31.4 Å². The molecule has 0 bridgehead atoms. The average molecular weight is 570 g/mol. The Morgan fingerprint density at radius 1 is 0.700 bits per heavy atom. The number of methoxy groups -OCH3 is 1. The fourth-order valence-electron chi connectivity index (χ4n) is 5.11. The van der Waals surface area contributed by atoms with Crippen molar-refractivity contribution in [3.63, 3.8) is 0 Å². The van der Waals surface area contributed by atoms with Gasteiger partial charge in [0.05, 0.1) is 7.11 Å². The van der Waals surface area contributed by atoms with E-state index in [4.69, 9.17) is 4.74 Å². The van der Waals surface area contributed by atoms with E-state index in [1.807, 2.05) is 24.3 Å². The van der Waals surface area contributed by atoms with Gasteiger partial charge >= 0.3 is 12.7 Å². The number of aliphatic hydroxyl groups is 1. The number of piperidine rings is 1.